The molecule has 66 valence electrons. The topological polar surface area (TPSA) is 63.3 Å². The van der Waals surface area contributed by atoms with Gasteiger partial charge in [0.05, 0.1) is 12.1 Å². The smallest absolute Gasteiger partial charge is 0.152 e. The third kappa shape index (κ3) is 4.11. The Morgan fingerprint density at radius 3 is 2.18 bits per heavy atom. The summed E-state index contributed by atoms with van der Waals surface area (Å²) in [7, 11) is 0. The molecule has 0 aliphatic heterocycles. The highest BCUT2D eigenvalue weighted by molar-refractivity contribution is 5.84. The van der Waals surface area contributed by atoms with Crippen molar-refractivity contribution >= 4 is 5.78 Å². The number of carbonyl (C=O) groups is 1. The van der Waals surface area contributed by atoms with Gasteiger partial charge in [0.2, 0.25) is 0 Å². The SMILES string of the molecule is CC(O)CC(=O)C(N)C(C)C. The molecule has 3 N–H and O–H groups in total. The molecule has 11 heavy (non-hydrogen) atoms. The lowest BCUT2D eigenvalue weighted by Gasteiger charge is -2.14. The highest BCUT2D eigenvalue weighted by Gasteiger charge is 2.18. The van der Waals surface area contributed by atoms with Crippen molar-refractivity contribution in [1.29, 1.82) is 0 Å². The summed E-state index contributed by atoms with van der Waals surface area (Å²) >= 11 is 0. The average molecular weight is 159 g/mol. The number of aliphatic hydroxyl groups excluding tert-OH is 1. The third-order valence-corrected chi connectivity index (χ3v) is 1.59. The molecule has 0 aromatic carbocycles. The molecule has 3 heteroatoms. The number of rotatable bonds is 4. The first-order valence-corrected chi connectivity index (χ1v) is 3.91. The summed E-state index contributed by atoms with van der Waals surface area (Å²) in [6, 6.07) is -0.426. The van der Waals surface area contributed by atoms with Crippen molar-refractivity contribution in [2.75, 3.05) is 0 Å². The van der Waals surface area contributed by atoms with Crippen LogP contribution >= 0.6 is 0 Å². The molecule has 0 radical (unpaired) electrons. The van der Waals surface area contributed by atoms with E-state index in [4.69, 9.17) is 10.8 Å². The first-order chi connectivity index (χ1) is 4.95. The second kappa shape index (κ2) is 4.46. The van der Waals surface area contributed by atoms with Crippen molar-refractivity contribution in [1.82, 2.24) is 0 Å². The minimum absolute atomic E-state index is 0.0602. The maximum atomic E-state index is 11.1. The Balaban J connectivity index is 3.83. The van der Waals surface area contributed by atoms with E-state index in [9.17, 15) is 4.79 Å². The van der Waals surface area contributed by atoms with Crippen molar-refractivity contribution < 1.29 is 9.90 Å². The molecule has 0 saturated carbocycles. The molecular formula is C8H17NO2. The zero-order valence-corrected chi connectivity index (χ0v) is 7.37. The highest BCUT2D eigenvalue weighted by atomic mass is 16.3. The Labute approximate surface area is 67.6 Å². The number of hydrogen-bond acceptors (Lipinski definition) is 3. The van der Waals surface area contributed by atoms with Crippen molar-refractivity contribution in [2.45, 2.75) is 39.3 Å². The summed E-state index contributed by atoms with van der Waals surface area (Å²) in [4.78, 5) is 11.1. The van der Waals surface area contributed by atoms with Gasteiger partial charge in [0.1, 0.15) is 0 Å². The Morgan fingerprint density at radius 1 is 1.45 bits per heavy atom. The van der Waals surface area contributed by atoms with E-state index in [0.717, 1.165) is 0 Å². The lowest BCUT2D eigenvalue weighted by atomic mass is 9.98. The number of Topliss-reactive ketones (excluding diaryl/α,β-unsaturated/α-hetero) is 1. The van der Waals surface area contributed by atoms with Gasteiger partial charge in [0.25, 0.3) is 0 Å². The molecule has 0 amide bonds. The van der Waals surface area contributed by atoms with Gasteiger partial charge in [-0.1, -0.05) is 13.8 Å². The Morgan fingerprint density at radius 2 is 1.91 bits per heavy atom. The molecule has 0 rings (SSSR count). The van der Waals surface area contributed by atoms with Crippen molar-refractivity contribution in [2.24, 2.45) is 11.7 Å². The van der Waals surface area contributed by atoms with Gasteiger partial charge < -0.3 is 10.8 Å². The van der Waals surface area contributed by atoms with Gasteiger partial charge in [-0.25, -0.2) is 0 Å². The quantitative estimate of drug-likeness (QED) is 0.620. The van der Waals surface area contributed by atoms with Crippen LogP contribution in [0, 0.1) is 5.92 Å². The van der Waals surface area contributed by atoms with Crippen LogP contribution in [0.25, 0.3) is 0 Å². The summed E-state index contributed by atoms with van der Waals surface area (Å²) < 4.78 is 0. The number of hydrogen-bond donors (Lipinski definition) is 2. The molecule has 0 aliphatic carbocycles. The molecule has 2 atom stereocenters. The fourth-order valence-corrected chi connectivity index (χ4v) is 0.799. The highest BCUT2D eigenvalue weighted by Crippen LogP contribution is 2.03. The fourth-order valence-electron chi connectivity index (χ4n) is 0.799. The van der Waals surface area contributed by atoms with E-state index in [2.05, 4.69) is 0 Å². The molecule has 0 spiro atoms. The maximum Gasteiger partial charge on any atom is 0.152 e. The second-order valence-electron chi connectivity index (χ2n) is 3.29. The molecule has 3 nitrogen and oxygen atoms in total. The van der Waals surface area contributed by atoms with Crippen molar-refractivity contribution in [3.63, 3.8) is 0 Å². The van der Waals surface area contributed by atoms with Crippen LogP contribution in [-0.4, -0.2) is 23.0 Å². The Bertz CT molecular complexity index is 132. The van der Waals surface area contributed by atoms with Gasteiger partial charge in [0.15, 0.2) is 5.78 Å². The normalized spacial score (nSPS) is 16.5. The lowest BCUT2D eigenvalue weighted by molar-refractivity contribution is -0.122. The molecule has 0 fully saturated rings. The maximum absolute atomic E-state index is 11.1. The van der Waals surface area contributed by atoms with E-state index >= 15 is 0 Å². The molecule has 2 unspecified atom stereocenters. The van der Waals surface area contributed by atoms with Crippen LogP contribution in [0.5, 0.6) is 0 Å². The van der Waals surface area contributed by atoms with Crippen LogP contribution in [0.3, 0.4) is 0 Å². The summed E-state index contributed by atoms with van der Waals surface area (Å²) in [5, 5.41) is 8.88. The predicted molar refractivity (Wildman–Crippen MR) is 44.1 cm³/mol. The zero-order valence-electron chi connectivity index (χ0n) is 7.37. The van der Waals surface area contributed by atoms with Gasteiger partial charge >= 0.3 is 0 Å². The van der Waals surface area contributed by atoms with E-state index in [1.807, 2.05) is 13.8 Å². The minimum atomic E-state index is -0.577. The summed E-state index contributed by atoms with van der Waals surface area (Å²) in [6.45, 7) is 5.38. The van der Waals surface area contributed by atoms with Crippen LogP contribution in [0.2, 0.25) is 0 Å². The number of aliphatic hydroxyl groups is 1. The van der Waals surface area contributed by atoms with Crippen LogP contribution < -0.4 is 5.73 Å². The minimum Gasteiger partial charge on any atom is -0.393 e. The van der Waals surface area contributed by atoms with Crippen LogP contribution in [0.15, 0.2) is 0 Å². The summed E-state index contributed by atoms with van der Waals surface area (Å²) in [5.41, 5.74) is 5.55. The van der Waals surface area contributed by atoms with Crippen LogP contribution in [0.4, 0.5) is 0 Å². The Kier molecular flexibility index (Phi) is 4.30. The molecule has 0 aromatic heterocycles. The summed E-state index contributed by atoms with van der Waals surface area (Å²) in [6.07, 6.45) is -0.411. The van der Waals surface area contributed by atoms with E-state index in [0.29, 0.717) is 0 Å². The molecule has 0 heterocycles. The average Bonchev–Trinajstić information content (AvgIpc) is 1.84. The zero-order chi connectivity index (χ0) is 9.02. The van der Waals surface area contributed by atoms with Crippen LogP contribution in [-0.2, 0) is 4.79 Å². The van der Waals surface area contributed by atoms with Gasteiger partial charge in [0, 0.05) is 6.42 Å². The molecule has 0 saturated heterocycles. The standard InChI is InChI=1S/C8H17NO2/c1-5(2)8(9)7(11)4-6(3)10/h5-6,8,10H,4,9H2,1-3H3. The molecule has 0 aliphatic rings. The monoisotopic (exact) mass is 159 g/mol. The largest absolute Gasteiger partial charge is 0.393 e. The lowest BCUT2D eigenvalue weighted by Crippen LogP contribution is -2.36. The number of ketones is 1. The van der Waals surface area contributed by atoms with Crippen molar-refractivity contribution in [3.8, 4) is 0 Å². The first kappa shape index (κ1) is 10.6. The van der Waals surface area contributed by atoms with E-state index in [1.54, 1.807) is 6.92 Å². The van der Waals surface area contributed by atoms with E-state index in [-0.39, 0.29) is 18.1 Å². The van der Waals surface area contributed by atoms with Gasteiger partial charge in [-0.05, 0) is 12.8 Å². The number of carbonyl (C=O) groups excluding carboxylic acids is 1. The third-order valence-electron chi connectivity index (χ3n) is 1.59. The van der Waals surface area contributed by atoms with Gasteiger partial charge in [-0.3, -0.25) is 4.79 Å². The van der Waals surface area contributed by atoms with Gasteiger partial charge in [-0.2, -0.15) is 0 Å². The predicted octanol–water partition coefficient (Wildman–Crippen LogP) is 0.310. The van der Waals surface area contributed by atoms with E-state index < -0.39 is 12.1 Å². The first-order valence-electron chi connectivity index (χ1n) is 3.91. The van der Waals surface area contributed by atoms with E-state index in [1.165, 1.54) is 0 Å². The second-order valence-corrected chi connectivity index (χ2v) is 3.29. The van der Waals surface area contributed by atoms with Crippen LogP contribution in [0.1, 0.15) is 27.2 Å². The van der Waals surface area contributed by atoms with Crippen molar-refractivity contribution in [3.05, 3.63) is 0 Å². The molecular weight excluding hydrogens is 142 g/mol. The number of nitrogens with two attached hydrogens (primary N) is 1. The Hall–Kier alpha value is -0.410. The molecule has 0 bridgehead atoms. The fraction of sp³-hybridized carbons (Fsp3) is 0.875. The van der Waals surface area contributed by atoms with Gasteiger partial charge in [-0.15, -0.1) is 0 Å². The molecule has 0 aromatic rings. The summed E-state index contributed by atoms with van der Waals surface area (Å²) in [5.74, 6) is 0.0938.